The average Bonchev–Trinajstić information content (AvgIpc) is 3.14. The van der Waals surface area contributed by atoms with E-state index in [9.17, 15) is 4.79 Å². The minimum Gasteiger partial charge on any atom is -0.350 e. The largest absolute Gasteiger partial charge is 0.350 e. The van der Waals surface area contributed by atoms with Crippen molar-refractivity contribution in [2.45, 2.75) is 31.2 Å². The van der Waals surface area contributed by atoms with Crippen LogP contribution in [-0.4, -0.2) is 34.5 Å². The number of hydrogen-bond acceptors (Lipinski definition) is 5. The first-order valence-corrected chi connectivity index (χ1v) is 9.01. The van der Waals surface area contributed by atoms with Crippen molar-refractivity contribution >= 4 is 17.2 Å². The fourth-order valence-corrected chi connectivity index (χ4v) is 4.09. The highest BCUT2D eigenvalue weighted by Gasteiger charge is 2.45. The molecule has 5 nitrogen and oxygen atoms in total. The number of carbonyl (C=O) groups is 1. The maximum atomic E-state index is 12.3. The van der Waals surface area contributed by atoms with Crippen LogP contribution in [0.2, 0.25) is 0 Å². The Balaban J connectivity index is 1.35. The molecular weight excluding hydrogens is 308 g/mol. The zero-order chi connectivity index (χ0) is 15.7. The summed E-state index contributed by atoms with van der Waals surface area (Å²) in [6.07, 6.45) is 8.41. The number of carbonyl (C=O) groups excluding carboxylic acids is 1. The summed E-state index contributed by atoms with van der Waals surface area (Å²) in [7, 11) is 0. The van der Waals surface area contributed by atoms with E-state index in [0.717, 1.165) is 30.1 Å². The van der Waals surface area contributed by atoms with Crippen molar-refractivity contribution in [1.82, 2.24) is 20.6 Å². The van der Waals surface area contributed by atoms with Crippen molar-refractivity contribution in [3.63, 3.8) is 0 Å². The second-order valence-corrected chi connectivity index (χ2v) is 7.41. The van der Waals surface area contributed by atoms with Gasteiger partial charge in [-0.1, -0.05) is 0 Å². The zero-order valence-electron chi connectivity index (χ0n) is 12.9. The molecule has 2 aliphatic rings. The molecule has 1 amide bonds. The van der Waals surface area contributed by atoms with Gasteiger partial charge in [-0.2, -0.15) is 0 Å². The van der Waals surface area contributed by atoms with Crippen LogP contribution in [0.1, 0.15) is 36.2 Å². The highest BCUT2D eigenvalue weighted by molar-refractivity contribution is 7.13. The second kappa shape index (κ2) is 6.02. The number of nitrogens with one attached hydrogen (secondary N) is 2. The fraction of sp³-hybridized carbons (Fsp3) is 0.471. The van der Waals surface area contributed by atoms with Gasteiger partial charge >= 0.3 is 0 Å². The van der Waals surface area contributed by atoms with Crippen molar-refractivity contribution in [2.24, 2.45) is 5.92 Å². The molecule has 1 unspecified atom stereocenters. The third-order valence-corrected chi connectivity index (χ3v) is 5.67. The molecule has 2 N–H and O–H groups in total. The van der Waals surface area contributed by atoms with Gasteiger partial charge < -0.3 is 10.6 Å². The quantitative estimate of drug-likeness (QED) is 0.905. The summed E-state index contributed by atoms with van der Waals surface area (Å²) in [6.45, 7) is 1.82. The smallest absolute Gasteiger partial charge is 0.270 e. The number of aromatic nitrogens is 2. The number of rotatable bonds is 4. The first-order chi connectivity index (χ1) is 11.2. The summed E-state index contributed by atoms with van der Waals surface area (Å²) in [4.78, 5) is 20.8. The predicted molar refractivity (Wildman–Crippen MR) is 90.4 cm³/mol. The molecule has 1 saturated carbocycles. The van der Waals surface area contributed by atoms with Crippen LogP contribution in [0.15, 0.2) is 29.9 Å². The van der Waals surface area contributed by atoms with Crippen LogP contribution in [0, 0.1) is 5.92 Å². The fourth-order valence-electron chi connectivity index (χ4n) is 3.30. The number of pyridine rings is 1. The minimum atomic E-state index is -0.0697. The Morgan fingerprint density at radius 2 is 2.39 bits per heavy atom. The lowest BCUT2D eigenvalue weighted by Gasteiger charge is -2.30. The van der Waals surface area contributed by atoms with Gasteiger partial charge in [0.2, 0.25) is 0 Å². The monoisotopic (exact) mass is 328 g/mol. The number of thiazole rings is 1. The molecule has 1 saturated heterocycles. The molecule has 1 aliphatic heterocycles. The Morgan fingerprint density at radius 3 is 3.17 bits per heavy atom. The third kappa shape index (κ3) is 3.28. The first-order valence-electron chi connectivity index (χ1n) is 8.13. The lowest BCUT2D eigenvalue weighted by atomic mass is 9.91. The van der Waals surface area contributed by atoms with Crippen LogP contribution in [0.4, 0.5) is 0 Å². The van der Waals surface area contributed by atoms with Crippen LogP contribution in [0.5, 0.6) is 0 Å². The van der Waals surface area contributed by atoms with Gasteiger partial charge in [0.15, 0.2) is 0 Å². The Bertz CT molecular complexity index is 696. The molecule has 4 rings (SSSR count). The van der Waals surface area contributed by atoms with Crippen molar-refractivity contribution in [2.75, 3.05) is 13.1 Å². The van der Waals surface area contributed by atoms with Crippen molar-refractivity contribution in [3.8, 4) is 10.6 Å². The van der Waals surface area contributed by atoms with Crippen molar-refractivity contribution in [3.05, 3.63) is 35.6 Å². The average molecular weight is 328 g/mol. The topological polar surface area (TPSA) is 66.9 Å². The van der Waals surface area contributed by atoms with E-state index < -0.39 is 0 Å². The van der Waals surface area contributed by atoms with E-state index >= 15 is 0 Å². The number of nitrogens with zero attached hydrogens (tertiary/aromatic N) is 2. The van der Waals surface area contributed by atoms with E-state index in [2.05, 4.69) is 20.6 Å². The van der Waals surface area contributed by atoms with E-state index in [-0.39, 0.29) is 5.91 Å². The van der Waals surface area contributed by atoms with Crippen LogP contribution >= 0.6 is 11.3 Å². The lowest BCUT2D eigenvalue weighted by Crippen LogP contribution is -2.43. The Hall–Kier alpha value is -1.79. The van der Waals surface area contributed by atoms with Gasteiger partial charge in [-0.05, 0) is 50.3 Å². The summed E-state index contributed by atoms with van der Waals surface area (Å²) in [5, 5.41) is 9.33. The maximum Gasteiger partial charge on any atom is 0.270 e. The van der Waals surface area contributed by atoms with Crippen LogP contribution in [0.25, 0.3) is 10.6 Å². The first kappa shape index (κ1) is 14.8. The molecule has 1 atom stereocenters. The summed E-state index contributed by atoms with van der Waals surface area (Å²) >= 11 is 1.48. The molecule has 0 aromatic carbocycles. The molecule has 1 aliphatic carbocycles. The SMILES string of the molecule is O=C(NCC1CCNC2(CC2)C1)c1csc(-c2cccnc2)n1. The number of amides is 1. The minimum absolute atomic E-state index is 0.0697. The van der Waals surface area contributed by atoms with E-state index in [1.165, 1.54) is 30.6 Å². The third-order valence-electron chi connectivity index (χ3n) is 4.78. The molecule has 2 fully saturated rings. The molecule has 120 valence electrons. The highest BCUT2D eigenvalue weighted by Crippen LogP contribution is 2.43. The maximum absolute atomic E-state index is 12.3. The molecule has 3 heterocycles. The molecular formula is C17H20N4OS. The van der Waals surface area contributed by atoms with Crippen LogP contribution in [-0.2, 0) is 0 Å². The molecule has 0 bridgehead atoms. The molecule has 2 aromatic heterocycles. The predicted octanol–water partition coefficient (Wildman–Crippen LogP) is 2.47. The Labute approximate surface area is 139 Å². The van der Waals surface area contributed by atoms with Gasteiger partial charge in [0, 0.05) is 35.4 Å². The van der Waals surface area contributed by atoms with Crippen molar-refractivity contribution < 1.29 is 4.79 Å². The lowest BCUT2D eigenvalue weighted by molar-refractivity contribution is 0.0937. The van der Waals surface area contributed by atoms with E-state index in [0.29, 0.717) is 17.2 Å². The van der Waals surface area contributed by atoms with Gasteiger partial charge in [0.05, 0.1) is 0 Å². The summed E-state index contributed by atoms with van der Waals surface area (Å²) in [5.74, 6) is 0.513. The van der Waals surface area contributed by atoms with Crippen LogP contribution < -0.4 is 10.6 Å². The molecule has 2 aromatic rings. The normalized spacial score (nSPS) is 22.0. The highest BCUT2D eigenvalue weighted by atomic mass is 32.1. The number of piperidine rings is 1. The zero-order valence-corrected chi connectivity index (χ0v) is 13.7. The van der Waals surface area contributed by atoms with Gasteiger partial charge in [-0.25, -0.2) is 4.98 Å². The van der Waals surface area contributed by atoms with Crippen molar-refractivity contribution in [1.29, 1.82) is 0 Å². The van der Waals surface area contributed by atoms with Gasteiger partial charge in [0.25, 0.3) is 5.91 Å². The van der Waals surface area contributed by atoms with E-state index in [4.69, 9.17) is 0 Å². The summed E-state index contributed by atoms with van der Waals surface area (Å²) < 4.78 is 0. The Morgan fingerprint density at radius 1 is 1.48 bits per heavy atom. The van der Waals surface area contributed by atoms with Gasteiger partial charge in [-0.15, -0.1) is 11.3 Å². The molecule has 23 heavy (non-hydrogen) atoms. The van der Waals surface area contributed by atoms with E-state index in [1.54, 1.807) is 12.4 Å². The standard InChI is InChI=1S/C17H20N4OS/c22-15(19-9-12-3-7-20-17(8-12)4-5-17)14-11-23-16(21-14)13-2-1-6-18-10-13/h1-2,6,10-12,20H,3-5,7-9H2,(H,19,22). The van der Waals surface area contributed by atoms with E-state index in [1.807, 2.05) is 17.5 Å². The van der Waals surface area contributed by atoms with Gasteiger partial charge in [0.1, 0.15) is 10.7 Å². The molecule has 0 radical (unpaired) electrons. The summed E-state index contributed by atoms with van der Waals surface area (Å²) in [6, 6.07) is 3.83. The number of hydrogen-bond donors (Lipinski definition) is 2. The molecule has 1 spiro atoms. The second-order valence-electron chi connectivity index (χ2n) is 6.56. The summed E-state index contributed by atoms with van der Waals surface area (Å²) in [5.41, 5.74) is 1.86. The van der Waals surface area contributed by atoms with Crippen LogP contribution in [0.3, 0.4) is 0 Å². The molecule has 6 heteroatoms. The Kier molecular flexibility index (Phi) is 3.87. The van der Waals surface area contributed by atoms with Gasteiger partial charge in [-0.3, -0.25) is 9.78 Å².